The SMILES string of the molecule is COC(=O)/C=C/c1ccc(-c2nc(NC(C)=O)sc2Cc2ccc(S(C)(=O)=O)cc2)cc1. The lowest BCUT2D eigenvalue weighted by molar-refractivity contribution is -0.134. The number of benzene rings is 2. The Hall–Kier alpha value is -3.30. The number of hydrogen-bond acceptors (Lipinski definition) is 7. The Morgan fingerprint density at radius 1 is 1.09 bits per heavy atom. The second-order valence-electron chi connectivity index (χ2n) is 7.04. The number of rotatable bonds is 7. The summed E-state index contributed by atoms with van der Waals surface area (Å²) in [5.41, 5.74) is 3.34. The van der Waals surface area contributed by atoms with Crippen LogP contribution in [-0.2, 0) is 30.6 Å². The van der Waals surface area contributed by atoms with Gasteiger partial charge in [0, 0.05) is 36.1 Å². The number of nitrogens with one attached hydrogen (secondary N) is 1. The van der Waals surface area contributed by atoms with Crippen LogP contribution in [0.15, 0.2) is 59.5 Å². The van der Waals surface area contributed by atoms with Gasteiger partial charge in [0.15, 0.2) is 15.0 Å². The molecule has 1 heterocycles. The molecule has 166 valence electrons. The Labute approximate surface area is 190 Å². The van der Waals surface area contributed by atoms with Crippen LogP contribution in [0.2, 0.25) is 0 Å². The summed E-state index contributed by atoms with van der Waals surface area (Å²) in [5, 5.41) is 3.22. The number of sulfone groups is 1. The average Bonchev–Trinajstić information content (AvgIpc) is 3.13. The zero-order valence-electron chi connectivity index (χ0n) is 17.8. The van der Waals surface area contributed by atoms with Crippen molar-refractivity contribution in [3.05, 3.63) is 70.6 Å². The fourth-order valence-corrected chi connectivity index (χ4v) is 4.62. The van der Waals surface area contributed by atoms with Crippen LogP contribution < -0.4 is 5.32 Å². The Morgan fingerprint density at radius 3 is 2.31 bits per heavy atom. The Morgan fingerprint density at radius 2 is 1.75 bits per heavy atom. The minimum atomic E-state index is -3.26. The number of aromatic nitrogens is 1. The first-order valence-corrected chi connectivity index (χ1v) is 12.3. The van der Waals surface area contributed by atoms with Crippen LogP contribution >= 0.6 is 11.3 Å². The number of amides is 1. The molecule has 1 aromatic heterocycles. The van der Waals surface area contributed by atoms with Crippen molar-refractivity contribution in [3.63, 3.8) is 0 Å². The Bertz CT molecular complexity index is 1260. The summed E-state index contributed by atoms with van der Waals surface area (Å²) in [4.78, 5) is 28.6. The number of nitrogens with zero attached hydrogens (tertiary/aromatic N) is 1. The van der Waals surface area contributed by atoms with Gasteiger partial charge in [-0.05, 0) is 29.3 Å². The summed E-state index contributed by atoms with van der Waals surface area (Å²) in [6, 6.07) is 14.2. The highest BCUT2D eigenvalue weighted by atomic mass is 32.2. The van der Waals surface area contributed by atoms with E-state index >= 15 is 0 Å². The molecule has 1 amide bonds. The second kappa shape index (κ2) is 9.88. The number of thiazole rings is 1. The second-order valence-corrected chi connectivity index (χ2v) is 10.1. The molecule has 32 heavy (non-hydrogen) atoms. The molecule has 0 saturated heterocycles. The topological polar surface area (TPSA) is 102 Å². The van der Waals surface area contributed by atoms with Gasteiger partial charge in [-0.1, -0.05) is 36.4 Å². The Balaban J connectivity index is 1.91. The van der Waals surface area contributed by atoms with Gasteiger partial charge in [-0.25, -0.2) is 18.2 Å². The van der Waals surface area contributed by atoms with Gasteiger partial charge in [0.25, 0.3) is 0 Å². The predicted molar refractivity (Wildman–Crippen MR) is 125 cm³/mol. The van der Waals surface area contributed by atoms with E-state index in [0.717, 1.165) is 27.3 Å². The first-order valence-electron chi connectivity index (χ1n) is 9.58. The number of ether oxygens (including phenoxy) is 1. The maximum atomic E-state index is 11.7. The highest BCUT2D eigenvalue weighted by Crippen LogP contribution is 2.33. The van der Waals surface area contributed by atoms with Crippen LogP contribution in [-0.4, -0.2) is 38.6 Å². The molecule has 1 N–H and O–H groups in total. The predicted octanol–water partition coefficient (Wildman–Crippen LogP) is 3.95. The molecule has 0 saturated carbocycles. The highest BCUT2D eigenvalue weighted by Gasteiger charge is 2.15. The van der Waals surface area contributed by atoms with Crippen molar-refractivity contribution in [1.29, 1.82) is 0 Å². The molecule has 0 aliphatic rings. The molecular formula is C23H22N2O5S2. The standard InChI is InChI=1S/C23H22N2O5S2/c1-15(26)24-23-25-22(18-9-4-16(5-10-18)8-13-21(27)30-2)20(31-23)14-17-6-11-19(12-7-17)32(3,28)29/h4-13H,14H2,1-3H3,(H,24,25,26)/b13-8+. The summed E-state index contributed by atoms with van der Waals surface area (Å²) in [6.07, 6.45) is 4.70. The molecule has 0 unspecified atom stereocenters. The number of carbonyl (C=O) groups excluding carboxylic acids is 2. The van der Waals surface area contributed by atoms with Crippen LogP contribution in [0.25, 0.3) is 17.3 Å². The van der Waals surface area contributed by atoms with Gasteiger partial charge in [0.2, 0.25) is 5.91 Å². The van der Waals surface area contributed by atoms with Gasteiger partial charge in [-0.3, -0.25) is 4.79 Å². The highest BCUT2D eigenvalue weighted by molar-refractivity contribution is 7.90. The van der Waals surface area contributed by atoms with E-state index in [1.807, 2.05) is 24.3 Å². The van der Waals surface area contributed by atoms with Crippen molar-refractivity contribution in [3.8, 4) is 11.3 Å². The number of methoxy groups -OCH3 is 1. The molecule has 0 aliphatic heterocycles. The number of carbonyl (C=O) groups is 2. The smallest absolute Gasteiger partial charge is 0.330 e. The molecule has 0 atom stereocenters. The van der Waals surface area contributed by atoms with Crippen molar-refractivity contribution < 1.29 is 22.7 Å². The van der Waals surface area contributed by atoms with Gasteiger partial charge in [0.1, 0.15) is 0 Å². The Kier molecular flexibility index (Phi) is 7.22. The maximum Gasteiger partial charge on any atom is 0.330 e. The molecule has 0 fully saturated rings. The summed E-state index contributed by atoms with van der Waals surface area (Å²) < 4.78 is 28.0. The fourth-order valence-electron chi connectivity index (χ4n) is 2.93. The van der Waals surface area contributed by atoms with Crippen LogP contribution in [0.4, 0.5) is 5.13 Å². The molecular weight excluding hydrogens is 448 g/mol. The van der Waals surface area contributed by atoms with E-state index in [9.17, 15) is 18.0 Å². The van der Waals surface area contributed by atoms with Crippen molar-refractivity contribution in [2.75, 3.05) is 18.7 Å². The van der Waals surface area contributed by atoms with E-state index < -0.39 is 15.8 Å². The first kappa shape index (κ1) is 23.4. The summed E-state index contributed by atoms with van der Waals surface area (Å²) in [7, 11) is -1.94. The maximum absolute atomic E-state index is 11.7. The van der Waals surface area contributed by atoms with E-state index in [1.54, 1.807) is 30.3 Å². The summed E-state index contributed by atoms with van der Waals surface area (Å²) in [5.74, 6) is -0.643. The van der Waals surface area contributed by atoms with E-state index in [-0.39, 0.29) is 10.8 Å². The van der Waals surface area contributed by atoms with Crippen molar-refractivity contribution in [1.82, 2.24) is 4.98 Å². The van der Waals surface area contributed by atoms with E-state index in [1.165, 1.54) is 37.7 Å². The van der Waals surface area contributed by atoms with E-state index in [0.29, 0.717) is 11.6 Å². The van der Waals surface area contributed by atoms with Gasteiger partial charge < -0.3 is 10.1 Å². The number of esters is 1. The number of anilines is 1. The molecule has 9 heteroatoms. The molecule has 7 nitrogen and oxygen atoms in total. The van der Waals surface area contributed by atoms with Crippen LogP contribution in [0, 0.1) is 0 Å². The molecule has 0 aliphatic carbocycles. The number of hydrogen-bond donors (Lipinski definition) is 1. The lowest BCUT2D eigenvalue weighted by Crippen LogP contribution is -2.04. The molecule has 0 radical (unpaired) electrons. The fraction of sp³-hybridized carbons (Fsp3) is 0.174. The van der Waals surface area contributed by atoms with Crippen LogP contribution in [0.5, 0.6) is 0 Å². The van der Waals surface area contributed by atoms with Crippen molar-refractivity contribution in [2.45, 2.75) is 18.2 Å². The largest absolute Gasteiger partial charge is 0.466 e. The van der Waals surface area contributed by atoms with Crippen molar-refractivity contribution in [2.24, 2.45) is 0 Å². The third kappa shape index (κ3) is 6.12. The summed E-state index contributed by atoms with van der Waals surface area (Å²) in [6.45, 7) is 1.42. The first-order chi connectivity index (χ1) is 15.2. The summed E-state index contributed by atoms with van der Waals surface area (Å²) >= 11 is 1.37. The van der Waals surface area contributed by atoms with Gasteiger partial charge >= 0.3 is 5.97 Å². The van der Waals surface area contributed by atoms with Gasteiger partial charge in [0.05, 0.1) is 17.7 Å². The monoisotopic (exact) mass is 470 g/mol. The quantitative estimate of drug-likeness (QED) is 0.414. The zero-order chi connectivity index (χ0) is 23.3. The van der Waals surface area contributed by atoms with Gasteiger partial charge in [-0.2, -0.15) is 0 Å². The van der Waals surface area contributed by atoms with Crippen LogP contribution in [0.1, 0.15) is 22.9 Å². The lowest BCUT2D eigenvalue weighted by atomic mass is 10.0. The van der Waals surface area contributed by atoms with Crippen LogP contribution in [0.3, 0.4) is 0 Å². The molecule has 2 aromatic carbocycles. The minimum absolute atomic E-state index is 0.211. The van der Waals surface area contributed by atoms with Crippen molar-refractivity contribution >= 4 is 44.3 Å². The molecule has 0 spiro atoms. The molecule has 0 bridgehead atoms. The third-order valence-corrected chi connectivity index (χ3v) is 6.59. The molecule has 3 rings (SSSR count). The lowest BCUT2D eigenvalue weighted by Gasteiger charge is -2.05. The molecule has 3 aromatic rings. The average molecular weight is 471 g/mol. The van der Waals surface area contributed by atoms with E-state index in [4.69, 9.17) is 0 Å². The normalized spacial score (nSPS) is 11.5. The van der Waals surface area contributed by atoms with Gasteiger partial charge in [-0.15, -0.1) is 11.3 Å². The minimum Gasteiger partial charge on any atom is -0.466 e. The zero-order valence-corrected chi connectivity index (χ0v) is 19.4. The third-order valence-electron chi connectivity index (χ3n) is 4.49. The van der Waals surface area contributed by atoms with E-state index in [2.05, 4.69) is 15.0 Å².